The molecule has 0 amide bonds. The van der Waals surface area contributed by atoms with Crippen molar-refractivity contribution in [3.63, 3.8) is 0 Å². The zero-order chi connectivity index (χ0) is 24.1. The number of hydrogen-bond acceptors (Lipinski definition) is 7. The maximum Gasteiger partial charge on any atom is 0.455 e. The molecule has 3 aromatic rings. The van der Waals surface area contributed by atoms with E-state index < -0.39 is 7.66 Å². The Morgan fingerprint density at radius 1 is 0.706 bits per heavy atom. The number of benzene rings is 3. The maximum absolute atomic E-state index is 6.42. The zero-order valence-corrected chi connectivity index (χ0v) is 20.7. The predicted molar refractivity (Wildman–Crippen MR) is 141 cm³/mol. The van der Waals surface area contributed by atoms with E-state index in [1.165, 1.54) is 0 Å². The van der Waals surface area contributed by atoms with Gasteiger partial charge in [0, 0.05) is 28.2 Å². The molecule has 0 bridgehead atoms. The molecule has 0 fully saturated rings. The summed E-state index contributed by atoms with van der Waals surface area (Å²) >= 11 is 0. The van der Waals surface area contributed by atoms with E-state index in [0.29, 0.717) is 23.4 Å². The minimum atomic E-state index is -3.16. The first-order valence-corrected chi connectivity index (χ1v) is 12.3. The van der Waals surface area contributed by atoms with Gasteiger partial charge in [-0.3, -0.25) is 0 Å². The van der Waals surface area contributed by atoms with Crippen molar-refractivity contribution in [1.29, 1.82) is 0 Å². The van der Waals surface area contributed by atoms with Gasteiger partial charge >= 0.3 is 7.66 Å². The summed E-state index contributed by atoms with van der Waals surface area (Å²) < 4.78 is 22.3. The molecular formula is C26H28N5O2P. The fourth-order valence-electron chi connectivity index (χ4n) is 3.14. The Labute approximate surface area is 201 Å². The van der Waals surface area contributed by atoms with E-state index in [0.717, 1.165) is 16.7 Å². The first-order chi connectivity index (χ1) is 16.4. The zero-order valence-electron chi connectivity index (χ0n) is 19.8. The van der Waals surface area contributed by atoms with E-state index in [-0.39, 0.29) is 0 Å². The van der Waals surface area contributed by atoms with Crippen LogP contribution in [0.3, 0.4) is 0 Å². The fraction of sp³-hybridized carbons (Fsp3) is 0.154. The lowest BCUT2D eigenvalue weighted by Crippen LogP contribution is -2.29. The van der Waals surface area contributed by atoms with Crippen molar-refractivity contribution in [2.75, 3.05) is 28.2 Å². The minimum Gasteiger partial charge on any atom is -0.413 e. The van der Waals surface area contributed by atoms with E-state index in [1.807, 2.05) is 111 Å². The van der Waals surface area contributed by atoms with Crippen LogP contribution >= 0.6 is 7.66 Å². The average Bonchev–Trinajstić information content (AvgIpc) is 2.85. The molecule has 4 rings (SSSR count). The van der Waals surface area contributed by atoms with Crippen LogP contribution in [0.15, 0.2) is 99.9 Å². The van der Waals surface area contributed by atoms with Crippen molar-refractivity contribution in [3.8, 4) is 22.6 Å². The molecule has 0 spiro atoms. The molecule has 0 N–H and O–H groups in total. The molecule has 1 unspecified atom stereocenters. The third-order valence-corrected chi connectivity index (χ3v) is 6.72. The summed E-state index contributed by atoms with van der Waals surface area (Å²) in [6.45, 7) is 3.81. The second-order valence-electron chi connectivity index (χ2n) is 8.04. The van der Waals surface area contributed by atoms with Crippen molar-refractivity contribution in [2.45, 2.75) is 0 Å². The summed E-state index contributed by atoms with van der Waals surface area (Å²) in [6.07, 6.45) is 1.83. The van der Waals surface area contributed by atoms with Crippen LogP contribution in [0.4, 0.5) is 0 Å². The van der Waals surface area contributed by atoms with E-state index in [9.17, 15) is 0 Å². The largest absolute Gasteiger partial charge is 0.455 e. The SMILES string of the molecule is C=Cc1ccc(-c2ccc(OP3(Oc4ccccc4)=NC(N(C)C)=NC(N(C)C)=N3)cc2)cc1. The van der Waals surface area contributed by atoms with Crippen LogP contribution in [-0.2, 0) is 0 Å². The third kappa shape index (κ3) is 5.38. The molecule has 8 heteroatoms. The number of guanidine groups is 2. The molecule has 1 heterocycles. The highest BCUT2D eigenvalue weighted by molar-refractivity contribution is 7.56. The average molecular weight is 474 g/mol. The Morgan fingerprint density at radius 3 is 1.76 bits per heavy atom. The molecule has 0 saturated heterocycles. The van der Waals surface area contributed by atoms with Crippen LogP contribution in [0, 0.1) is 0 Å². The van der Waals surface area contributed by atoms with Gasteiger partial charge in [-0.1, -0.05) is 67.3 Å². The number of hydrogen-bond donors (Lipinski definition) is 0. The van der Waals surface area contributed by atoms with Crippen molar-refractivity contribution in [2.24, 2.45) is 14.5 Å². The summed E-state index contributed by atoms with van der Waals surface area (Å²) in [4.78, 5) is 8.18. The van der Waals surface area contributed by atoms with E-state index >= 15 is 0 Å². The van der Waals surface area contributed by atoms with Crippen molar-refractivity contribution < 1.29 is 9.05 Å². The number of aliphatic imine (C=N–C) groups is 1. The summed E-state index contributed by atoms with van der Waals surface area (Å²) in [6, 6.07) is 25.5. The molecule has 34 heavy (non-hydrogen) atoms. The van der Waals surface area contributed by atoms with Gasteiger partial charge in [-0.15, -0.1) is 9.51 Å². The number of para-hydroxylation sites is 1. The van der Waals surface area contributed by atoms with Gasteiger partial charge in [0.25, 0.3) is 0 Å². The molecule has 7 nitrogen and oxygen atoms in total. The molecule has 3 aromatic carbocycles. The van der Waals surface area contributed by atoms with Gasteiger partial charge in [-0.2, -0.15) is 4.99 Å². The summed E-state index contributed by atoms with van der Waals surface area (Å²) in [5.41, 5.74) is 3.27. The van der Waals surface area contributed by atoms with Gasteiger partial charge in [0.1, 0.15) is 11.5 Å². The third-order valence-electron chi connectivity index (χ3n) is 4.96. The molecule has 0 radical (unpaired) electrons. The monoisotopic (exact) mass is 473 g/mol. The Balaban J connectivity index is 1.71. The highest BCUT2D eigenvalue weighted by Crippen LogP contribution is 2.55. The minimum absolute atomic E-state index is 0.488. The normalized spacial score (nSPS) is 17.1. The second kappa shape index (κ2) is 9.98. The topological polar surface area (TPSA) is 62.0 Å². The molecule has 0 saturated carbocycles. The second-order valence-corrected chi connectivity index (χ2v) is 9.78. The lowest BCUT2D eigenvalue weighted by Gasteiger charge is -2.27. The van der Waals surface area contributed by atoms with Crippen molar-refractivity contribution in [3.05, 3.63) is 91.0 Å². The Hall–Kier alpha value is -3.83. The van der Waals surface area contributed by atoms with E-state index in [2.05, 4.69) is 23.7 Å². The van der Waals surface area contributed by atoms with E-state index in [1.54, 1.807) is 0 Å². The first kappa shape index (κ1) is 23.3. The Bertz CT molecular complexity index is 1260. The van der Waals surface area contributed by atoms with Gasteiger partial charge in [0.2, 0.25) is 11.9 Å². The summed E-state index contributed by atoms with van der Waals surface area (Å²) in [7, 11) is 4.35. The molecule has 1 atom stereocenters. The van der Waals surface area contributed by atoms with Crippen molar-refractivity contribution >= 4 is 25.7 Å². The quantitative estimate of drug-likeness (QED) is 0.397. The first-order valence-electron chi connectivity index (χ1n) is 10.8. The van der Waals surface area contributed by atoms with Crippen LogP contribution in [0.2, 0.25) is 0 Å². The maximum atomic E-state index is 6.42. The molecule has 1 aliphatic heterocycles. The summed E-state index contributed by atoms with van der Waals surface area (Å²) in [5.74, 6) is 2.21. The Morgan fingerprint density at radius 2 is 1.24 bits per heavy atom. The van der Waals surface area contributed by atoms with Crippen LogP contribution < -0.4 is 9.05 Å². The fourth-order valence-corrected chi connectivity index (χ4v) is 5.07. The van der Waals surface area contributed by atoms with Crippen LogP contribution in [0.1, 0.15) is 5.56 Å². The van der Waals surface area contributed by atoms with Gasteiger partial charge in [0.15, 0.2) is 0 Å². The van der Waals surface area contributed by atoms with Gasteiger partial charge in [-0.05, 0) is 41.0 Å². The van der Waals surface area contributed by atoms with Gasteiger partial charge in [-0.25, -0.2) is 0 Å². The van der Waals surface area contributed by atoms with Crippen LogP contribution in [0.25, 0.3) is 17.2 Å². The highest BCUT2D eigenvalue weighted by atomic mass is 31.2. The highest BCUT2D eigenvalue weighted by Gasteiger charge is 2.32. The number of rotatable bonds is 6. The summed E-state index contributed by atoms with van der Waals surface area (Å²) in [5, 5.41) is 0. The lowest BCUT2D eigenvalue weighted by atomic mass is 10.0. The number of nitrogens with zero attached hydrogens (tertiary/aromatic N) is 5. The predicted octanol–water partition coefficient (Wildman–Crippen LogP) is 6.25. The Kier molecular flexibility index (Phi) is 6.85. The molecule has 174 valence electrons. The standard InChI is InChI=1S/C26H28N5O2P/c1-6-20-12-14-21(15-13-20)22-16-18-24(19-17-22)33-34(32-23-10-8-7-9-11-23)28-25(30(2)3)27-26(29-34)31(4)5/h6-19H,1H2,2-5H3. The molecule has 0 aliphatic carbocycles. The molecular weight excluding hydrogens is 445 g/mol. The van der Waals surface area contributed by atoms with Crippen LogP contribution in [-0.4, -0.2) is 49.9 Å². The smallest absolute Gasteiger partial charge is 0.413 e. The van der Waals surface area contributed by atoms with Crippen LogP contribution in [0.5, 0.6) is 11.5 Å². The lowest BCUT2D eigenvalue weighted by molar-refractivity contribution is 0.471. The van der Waals surface area contributed by atoms with Gasteiger partial charge < -0.3 is 18.8 Å². The molecule has 0 aromatic heterocycles. The van der Waals surface area contributed by atoms with Crippen molar-refractivity contribution in [1.82, 2.24) is 9.80 Å². The van der Waals surface area contributed by atoms with Gasteiger partial charge in [0.05, 0.1) is 0 Å². The van der Waals surface area contributed by atoms with E-state index in [4.69, 9.17) is 18.6 Å². The molecule has 1 aliphatic rings.